The largest absolute Gasteiger partial charge is 0.423 e. The number of nitrogens with zero attached hydrogens (tertiary/aromatic N) is 1. The zero-order valence-corrected chi connectivity index (χ0v) is 10.9. The zero-order chi connectivity index (χ0) is 13.8. The van der Waals surface area contributed by atoms with E-state index in [1.807, 2.05) is 13.0 Å². The highest BCUT2D eigenvalue weighted by Crippen LogP contribution is 2.21. The fourth-order valence-electron chi connectivity index (χ4n) is 1.53. The number of halogens is 1. The van der Waals surface area contributed by atoms with E-state index >= 15 is 0 Å². The molecule has 2 aromatic carbocycles. The Labute approximate surface area is 116 Å². The number of esters is 1. The van der Waals surface area contributed by atoms with Gasteiger partial charge in [0.15, 0.2) is 0 Å². The van der Waals surface area contributed by atoms with Gasteiger partial charge >= 0.3 is 5.97 Å². The standard InChI is InChI=1S/C15H10ClNO2/c1-10-8-13(6-7-14(10)16)19-15(18)12-4-2-11(9-17)3-5-12/h2-8H,1H3. The van der Waals surface area contributed by atoms with Gasteiger partial charge in [-0.05, 0) is 55.0 Å². The molecule has 0 saturated heterocycles. The highest BCUT2D eigenvalue weighted by Gasteiger charge is 2.09. The van der Waals surface area contributed by atoms with Gasteiger partial charge in [-0.15, -0.1) is 0 Å². The summed E-state index contributed by atoms with van der Waals surface area (Å²) < 4.78 is 5.23. The van der Waals surface area contributed by atoms with E-state index in [4.69, 9.17) is 21.6 Å². The average molecular weight is 272 g/mol. The number of benzene rings is 2. The fraction of sp³-hybridized carbons (Fsp3) is 0.0667. The maximum atomic E-state index is 11.9. The molecule has 0 N–H and O–H groups in total. The van der Waals surface area contributed by atoms with Gasteiger partial charge in [0.1, 0.15) is 5.75 Å². The molecule has 0 aliphatic rings. The van der Waals surface area contributed by atoms with Crippen LogP contribution in [-0.4, -0.2) is 5.97 Å². The number of nitriles is 1. The maximum absolute atomic E-state index is 11.9. The SMILES string of the molecule is Cc1cc(OC(=O)c2ccc(C#N)cc2)ccc1Cl. The monoisotopic (exact) mass is 271 g/mol. The van der Waals surface area contributed by atoms with E-state index in [9.17, 15) is 4.79 Å². The van der Waals surface area contributed by atoms with Gasteiger partial charge in [-0.25, -0.2) is 4.79 Å². The average Bonchev–Trinajstić information content (AvgIpc) is 2.43. The van der Waals surface area contributed by atoms with E-state index < -0.39 is 5.97 Å². The topological polar surface area (TPSA) is 50.1 Å². The normalized spacial score (nSPS) is 9.74. The molecule has 0 spiro atoms. The number of carbonyl (C=O) groups excluding carboxylic acids is 1. The highest BCUT2D eigenvalue weighted by atomic mass is 35.5. The number of ether oxygens (including phenoxy) is 1. The molecule has 94 valence electrons. The van der Waals surface area contributed by atoms with Crippen LogP contribution in [0.4, 0.5) is 0 Å². The van der Waals surface area contributed by atoms with Crippen molar-refractivity contribution in [3.05, 3.63) is 64.2 Å². The second-order valence-electron chi connectivity index (χ2n) is 3.99. The Bertz CT molecular complexity index is 657. The van der Waals surface area contributed by atoms with Crippen molar-refractivity contribution in [1.29, 1.82) is 5.26 Å². The number of rotatable bonds is 2. The first kappa shape index (κ1) is 13.1. The van der Waals surface area contributed by atoms with E-state index in [1.165, 1.54) is 0 Å². The lowest BCUT2D eigenvalue weighted by molar-refractivity contribution is 0.0734. The molecule has 3 nitrogen and oxygen atoms in total. The molecule has 0 bridgehead atoms. The molecule has 0 saturated carbocycles. The molecule has 0 aromatic heterocycles. The summed E-state index contributed by atoms with van der Waals surface area (Å²) in [6.07, 6.45) is 0. The van der Waals surface area contributed by atoms with Crippen LogP contribution < -0.4 is 4.74 Å². The summed E-state index contributed by atoms with van der Waals surface area (Å²) in [5.41, 5.74) is 1.73. The lowest BCUT2D eigenvalue weighted by Crippen LogP contribution is -2.08. The Morgan fingerprint density at radius 3 is 2.47 bits per heavy atom. The van der Waals surface area contributed by atoms with Crippen molar-refractivity contribution in [2.75, 3.05) is 0 Å². The van der Waals surface area contributed by atoms with Gasteiger partial charge in [-0.2, -0.15) is 5.26 Å². The molecule has 0 unspecified atom stereocenters. The molecular weight excluding hydrogens is 262 g/mol. The van der Waals surface area contributed by atoms with Crippen LogP contribution in [0, 0.1) is 18.3 Å². The van der Waals surface area contributed by atoms with Crippen LogP contribution in [0.2, 0.25) is 5.02 Å². The van der Waals surface area contributed by atoms with Crippen molar-refractivity contribution in [2.24, 2.45) is 0 Å². The van der Waals surface area contributed by atoms with Gasteiger partial charge in [0, 0.05) is 5.02 Å². The zero-order valence-electron chi connectivity index (χ0n) is 10.2. The second kappa shape index (κ2) is 5.55. The minimum absolute atomic E-state index is 0.395. The van der Waals surface area contributed by atoms with E-state index in [2.05, 4.69) is 0 Å². The van der Waals surface area contributed by atoms with Crippen LogP contribution >= 0.6 is 11.6 Å². The van der Waals surface area contributed by atoms with Crippen LogP contribution in [0.25, 0.3) is 0 Å². The summed E-state index contributed by atoms with van der Waals surface area (Å²) in [6, 6.07) is 13.3. The number of aryl methyl sites for hydroxylation is 1. The highest BCUT2D eigenvalue weighted by molar-refractivity contribution is 6.31. The van der Waals surface area contributed by atoms with Crippen LogP contribution in [0.3, 0.4) is 0 Å². The third kappa shape index (κ3) is 3.12. The lowest BCUT2D eigenvalue weighted by atomic mass is 10.1. The van der Waals surface area contributed by atoms with Crippen LogP contribution in [0.1, 0.15) is 21.5 Å². The first-order chi connectivity index (χ1) is 9.10. The Morgan fingerprint density at radius 1 is 1.21 bits per heavy atom. The molecule has 0 atom stereocenters. The molecule has 4 heteroatoms. The van der Waals surface area contributed by atoms with Gasteiger partial charge in [0.25, 0.3) is 0 Å². The van der Waals surface area contributed by atoms with Gasteiger partial charge in [-0.3, -0.25) is 0 Å². The summed E-state index contributed by atoms with van der Waals surface area (Å²) in [7, 11) is 0. The predicted octanol–water partition coefficient (Wildman–Crippen LogP) is 3.74. The minimum Gasteiger partial charge on any atom is -0.423 e. The molecule has 0 aliphatic carbocycles. The van der Waals surface area contributed by atoms with Crippen molar-refractivity contribution in [3.63, 3.8) is 0 Å². The summed E-state index contributed by atoms with van der Waals surface area (Å²) in [5, 5.41) is 9.30. The number of carbonyl (C=O) groups is 1. The lowest BCUT2D eigenvalue weighted by Gasteiger charge is -2.06. The van der Waals surface area contributed by atoms with Crippen LogP contribution in [-0.2, 0) is 0 Å². The summed E-state index contributed by atoms with van der Waals surface area (Å²) in [6.45, 7) is 1.83. The third-order valence-electron chi connectivity index (χ3n) is 2.59. The van der Waals surface area contributed by atoms with Crippen molar-refractivity contribution < 1.29 is 9.53 Å². The molecule has 0 fully saturated rings. The van der Waals surface area contributed by atoms with Crippen molar-refractivity contribution >= 4 is 17.6 Å². The Kier molecular flexibility index (Phi) is 3.84. The minimum atomic E-state index is -0.466. The first-order valence-electron chi connectivity index (χ1n) is 5.58. The van der Waals surface area contributed by atoms with Crippen LogP contribution in [0.15, 0.2) is 42.5 Å². The molecule has 2 aromatic rings. The molecule has 19 heavy (non-hydrogen) atoms. The smallest absolute Gasteiger partial charge is 0.343 e. The molecule has 2 rings (SSSR count). The summed E-state index contributed by atoms with van der Waals surface area (Å²) >= 11 is 5.90. The fourth-order valence-corrected chi connectivity index (χ4v) is 1.65. The Morgan fingerprint density at radius 2 is 1.89 bits per heavy atom. The number of hydrogen-bond acceptors (Lipinski definition) is 3. The van der Waals surface area contributed by atoms with E-state index in [-0.39, 0.29) is 0 Å². The Hall–Kier alpha value is -2.31. The first-order valence-corrected chi connectivity index (χ1v) is 5.96. The van der Waals surface area contributed by atoms with Gasteiger partial charge in [0.05, 0.1) is 17.2 Å². The second-order valence-corrected chi connectivity index (χ2v) is 4.40. The van der Waals surface area contributed by atoms with Gasteiger partial charge < -0.3 is 4.74 Å². The Balaban J connectivity index is 2.16. The van der Waals surface area contributed by atoms with Crippen molar-refractivity contribution in [1.82, 2.24) is 0 Å². The van der Waals surface area contributed by atoms with Gasteiger partial charge in [-0.1, -0.05) is 11.6 Å². The molecule has 0 radical (unpaired) electrons. The van der Waals surface area contributed by atoms with Crippen LogP contribution in [0.5, 0.6) is 5.75 Å². The van der Waals surface area contributed by atoms with Gasteiger partial charge in [0.2, 0.25) is 0 Å². The van der Waals surface area contributed by atoms with Crippen molar-refractivity contribution in [2.45, 2.75) is 6.92 Å². The number of hydrogen-bond donors (Lipinski definition) is 0. The quantitative estimate of drug-likeness (QED) is 0.617. The van der Waals surface area contributed by atoms with Crippen molar-refractivity contribution in [3.8, 4) is 11.8 Å². The molecular formula is C15H10ClNO2. The van der Waals surface area contributed by atoms with E-state index in [0.717, 1.165) is 5.56 Å². The van der Waals surface area contributed by atoms with E-state index in [0.29, 0.717) is 21.9 Å². The predicted molar refractivity (Wildman–Crippen MR) is 72.3 cm³/mol. The summed E-state index contributed by atoms with van der Waals surface area (Å²) in [4.78, 5) is 11.9. The summed E-state index contributed by atoms with van der Waals surface area (Å²) in [5.74, 6) is -0.0255. The third-order valence-corrected chi connectivity index (χ3v) is 3.01. The molecule has 0 heterocycles. The maximum Gasteiger partial charge on any atom is 0.343 e. The molecule has 0 aliphatic heterocycles. The molecule has 0 amide bonds. The van der Waals surface area contributed by atoms with E-state index in [1.54, 1.807) is 42.5 Å².